The molecule has 0 N–H and O–H groups in total. The zero-order valence-corrected chi connectivity index (χ0v) is 5.49. The molecule has 0 aliphatic carbocycles. The molecule has 0 aromatic heterocycles. The van der Waals surface area contributed by atoms with Gasteiger partial charge in [-0.1, -0.05) is 0 Å². The quantitative estimate of drug-likeness (QED) is 0.474. The molecule has 0 rings (SSSR count). The van der Waals surface area contributed by atoms with Crippen molar-refractivity contribution in [3.63, 3.8) is 0 Å². The molecular formula is FNbOTi+7. The maximum absolute atomic E-state index is 0. The fourth-order valence-corrected chi connectivity index (χ4v) is 0. The maximum Gasteiger partial charge on any atom is 5.00 e. The second-order valence-corrected chi connectivity index (χ2v) is 0. The Bertz CT molecular complexity index is 8.00. The minimum atomic E-state index is 0. The monoisotopic (exact) mass is 176 g/mol. The maximum atomic E-state index is 0. The predicted octanol–water partition coefficient (Wildman–Crippen LogP) is 0.296. The average molecular weight is 176 g/mol. The Kier molecular flexibility index (Phi) is 375. The second-order valence-electron chi connectivity index (χ2n) is 0. The molecule has 0 bridgehead atoms. The van der Waals surface area contributed by atoms with Gasteiger partial charge in [0.15, 0.2) is 0 Å². The van der Waals surface area contributed by atoms with Crippen molar-refractivity contribution in [1.82, 2.24) is 0 Å². The van der Waals surface area contributed by atoms with E-state index < -0.39 is 0 Å². The number of hydrogen-bond acceptors (Lipinski definition) is 0. The number of rotatable bonds is 0. The molecule has 0 heterocycles. The van der Waals surface area contributed by atoms with E-state index in [0.717, 1.165) is 0 Å². The standard InChI is InChI=1S/F.Nb.O.Ti/q;+5;-2;+4. The van der Waals surface area contributed by atoms with Crippen LogP contribution in [0.25, 0.3) is 0 Å². The molecule has 0 aromatic rings. The van der Waals surface area contributed by atoms with Crippen LogP contribution in [0.1, 0.15) is 0 Å². The predicted molar refractivity (Wildman–Crippen MR) is 1.79 cm³/mol. The first kappa shape index (κ1) is 55.8. The molecule has 0 saturated heterocycles. The van der Waals surface area contributed by atoms with Gasteiger partial charge in [0.2, 0.25) is 0 Å². The molecule has 0 spiro atoms. The van der Waals surface area contributed by atoms with Crippen LogP contribution in [0.4, 0.5) is 4.70 Å². The molecule has 0 fully saturated rings. The average Bonchev–Trinajstić information content (AvgIpc) is 0. The second kappa shape index (κ2) is 26.9. The molecule has 0 atom stereocenters. The Morgan fingerprint density at radius 1 is 1.00 bits per heavy atom. The van der Waals surface area contributed by atoms with Crippen molar-refractivity contribution in [2.75, 3.05) is 0 Å². The van der Waals surface area contributed by atoms with Gasteiger partial charge in [-0.25, -0.2) is 0 Å². The van der Waals surface area contributed by atoms with Crippen LogP contribution in [0.5, 0.6) is 0 Å². The molecule has 4 heteroatoms. The Labute approximate surface area is 54.2 Å². The van der Waals surface area contributed by atoms with Crippen molar-refractivity contribution in [2.24, 2.45) is 0 Å². The zero-order chi connectivity index (χ0) is 0. The van der Waals surface area contributed by atoms with Gasteiger partial charge in [0.25, 0.3) is 0 Å². The minimum Gasteiger partial charge on any atom is -2.00 e. The fourth-order valence-electron chi connectivity index (χ4n) is 0. The summed E-state index contributed by atoms with van der Waals surface area (Å²) in [5.74, 6) is 0. The van der Waals surface area contributed by atoms with E-state index in [1.165, 1.54) is 0 Å². The van der Waals surface area contributed by atoms with E-state index in [1.807, 2.05) is 0 Å². The fraction of sp³-hybridized carbons (Fsp3) is 0. The molecule has 0 aromatic carbocycles. The first-order valence-electron chi connectivity index (χ1n) is 0. The smallest absolute Gasteiger partial charge is 2.00 e. The van der Waals surface area contributed by atoms with Gasteiger partial charge in [0.05, 0.1) is 0 Å². The van der Waals surface area contributed by atoms with Gasteiger partial charge in [-0.3, -0.25) is 0 Å². The van der Waals surface area contributed by atoms with Crippen LogP contribution in [0.2, 0.25) is 0 Å². The van der Waals surface area contributed by atoms with Crippen molar-refractivity contribution in [3.05, 3.63) is 0 Å². The molecule has 0 amide bonds. The molecule has 1 radical (unpaired) electrons. The Hall–Kier alpha value is 1.34. The molecule has 0 aliphatic rings. The van der Waals surface area contributed by atoms with E-state index in [4.69, 9.17) is 0 Å². The third-order valence-electron chi connectivity index (χ3n) is 0. The zero-order valence-electron chi connectivity index (χ0n) is 1.73. The largest absolute Gasteiger partial charge is 5.00 e. The summed E-state index contributed by atoms with van der Waals surface area (Å²) >= 11 is 0. The summed E-state index contributed by atoms with van der Waals surface area (Å²) in [5.41, 5.74) is 0. The van der Waals surface area contributed by atoms with E-state index in [0.29, 0.717) is 0 Å². The molecule has 0 saturated carbocycles. The normalized spacial score (nSPS) is 0. The van der Waals surface area contributed by atoms with Crippen molar-refractivity contribution in [2.45, 2.75) is 0 Å². The summed E-state index contributed by atoms with van der Waals surface area (Å²) in [5, 5.41) is 0. The summed E-state index contributed by atoms with van der Waals surface area (Å²) < 4.78 is 0. The first-order valence-corrected chi connectivity index (χ1v) is 0. The topological polar surface area (TPSA) is 28.5 Å². The SMILES string of the molecule is [F].[Nb+5].[O-2].[Ti+4]. The van der Waals surface area contributed by atoms with Crippen molar-refractivity contribution < 1.29 is 54.3 Å². The molecule has 0 unspecified atom stereocenters. The van der Waals surface area contributed by atoms with Gasteiger partial charge < -0.3 is 5.48 Å². The van der Waals surface area contributed by atoms with Crippen LogP contribution in [0, 0.1) is 0 Å². The van der Waals surface area contributed by atoms with Gasteiger partial charge >= 0.3 is 44.1 Å². The van der Waals surface area contributed by atoms with Crippen molar-refractivity contribution >= 4 is 0 Å². The van der Waals surface area contributed by atoms with Gasteiger partial charge in [0, 0.05) is 4.70 Å². The van der Waals surface area contributed by atoms with Crippen molar-refractivity contribution in [3.8, 4) is 0 Å². The summed E-state index contributed by atoms with van der Waals surface area (Å²) in [7, 11) is 0. The summed E-state index contributed by atoms with van der Waals surface area (Å²) in [6, 6.07) is 0. The number of halogens is 1. The van der Waals surface area contributed by atoms with E-state index in [-0.39, 0.29) is 54.3 Å². The van der Waals surface area contributed by atoms with Crippen LogP contribution in [-0.4, -0.2) is 0 Å². The van der Waals surface area contributed by atoms with Crippen molar-refractivity contribution in [1.29, 1.82) is 0 Å². The third-order valence-corrected chi connectivity index (χ3v) is 0. The van der Waals surface area contributed by atoms with Gasteiger partial charge in [-0.15, -0.1) is 0 Å². The molecular weight excluding hydrogens is 176 g/mol. The van der Waals surface area contributed by atoms with Gasteiger partial charge in [0.1, 0.15) is 0 Å². The molecule has 0 aliphatic heterocycles. The van der Waals surface area contributed by atoms with Crippen LogP contribution < -0.4 is 0 Å². The molecule has 1 nitrogen and oxygen atoms in total. The number of hydrogen-bond donors (Lipinski definition) is 0. The Balaban J connectivity index is 0. The van der Waals surface area contributed by atoms with E-state index >= 15 is 0 Å². The van der Waals surface area contributed by atoms with Crippen LogP contribution >= 0.6 is 0 Å². The van der Waals surface area contributed by atoms with Crippen LogP contribution in [0.3, 0.4) is 0 Å². The van der Waals surface area contributed by atoms with Crippen LogP contribution in [0.15, 0.2) is 0 Å². The Morgan fingerprint density at radius 3 is 1.00 bits per heavy atom. The summed E-state index contributed by atoms with van der Waals surface area (Å²) in [4.78, 5) is 0. The van der Waals surface area contributed by atoms with E-state index in [1.54, 1.807) is 0 Å². The van der Waals surface area contributed by atoms with Gasteiger partial charge in [-0.2, -0.15) is 0 Å². The Morgan fingerprint density at radius 2 is 1.00 bits per heavy atom. The van der Waals surface area contributed by atoms with E-state index in [9.17, 15) is 0 Å². The first-order chi connectivity index (χ1) is 0. The van der Waals surface area contributed by atoms with Gasteiger partial charge in [-0.05, 0) is 0 Å². The van der Waals surface area contributed by atoms with Crippen LogP contribution in [-0.2, 0) is 49.6 Å². The molecule has 15 valence electrons. The van der Waals surface area contributed by atoms with E-state index in [2.05, 4.69) is 0 Å². The third kappa shape index (κ3) is 10.2. The molecule has 4 heavy (non-hydrogen) atoms. The summed E-state index contributed by atoms with van der Waals surface area (Å²) in [6.45, 7) is 0. The minimum absolute atomic E-state index is 0. The summed E-state index contributed by atoms with van der Waals surface area (Å²) in [6.07, 6.45) is 0.